The number of carbonyl (C=O) groups is 1. The lowest BCUT2D eigenvalue weighted by atomic mass is 9.94. The van der Waals surface area contributed by atoms with Crippen molar-refractivity contribution in [3.8, 4) is 0 Å². The van der Waals surface area contributed by atoms with Crippen LogP contribution in [0.5, 0.6) is 0 Å². The van der Waals surface area contributed by atoms with E-state index in [-0.39, 0.29) is 18.5 Å². The van der Waals surface area contributed by atoms with Crippen molar-refractivity contribution in [3.05, 3.63) is 0 Å². The number of hydrogen-bond donors (Lipinski definition) is 2. The highest BCUT2D eigenvalue weighted by molar-refractivity contribution is 5.72. The van der Waals surface area contributed by atoms with E-state index in [1.165, 1.54) is 7.11 Å². The fourth-order valence-electron chi connectivity index (χ4n) is 2.40. The lowest BCUT2D eigenvalue weighted by Gasteiger charge is -2.37. The van der Waals surface area contributed by atoms with Crippen LogP contribution < -0.4 is 5.32 Å². The first kappa shape index (κ1) is 15.4. The van der Waals surface area contributed by atoms with Gasteiger partial charge in [0.15, 0.2) is 0 Å². The zero-order chi connectivity index (χ0) is 13.5. The number of nitrogens with zero attached hydrogens (tertiary/aromatic N) is 1. The number of aliphatic hydroxyl groups excluding tert-OH is 1. The van der Waals surface area contributed by atoms with Gasteiger partial charge in [-0.05, 0) is 18.9 Å². The Balaban J connectivity index is 2.53. The zero-order valence-corrected chi connectivity index (χ0v) is 11.7. The molecule has 5 nitrogen and oxygen atoms in total. The van der Waals surface area contributed by atoms with Crippen LogP contribution in [-0.2, 0) is 9.53 Å². The number of β-amino-alcohol motifs (C(OH)–C–C–N with tert-alkyl or cyclic N) is 1. The highest BCUT2D eigenvalue weighted by Crippen LogP contribution is 2.18. The molecule has 0 aromatic carbocycles. The summed E-state index contributed by atoms with van der Waals surface area (Å²) in [5.41, 5.74) is 0. The van der Waals surface area contributed by atoms with Crippen LogP contribution in [0.3, 0.4) is 0 Å². The summed E-state index contributed by atoms with van der Waals surface area (Å²) in [4.78, 5) is 13.8. The third kappa shape index (κ3) is 4.92. The maximum Gasteiger partial charge on any atom is 0.310 e. The molecule has 5 heteroatoms. The van der Waals surface area contributed by atoms with Gasteiger partial charge in [0, 0.05) is 25.7 Å². The van der Waals surface area contributed by atoms with Crippen LogP contribution >= 0.6 is 0 Å². The van der Waals surface area contributed by atoms with Crippen LogP contribution in [-0.4, -0.2) is 61.9 Å². The molecule has 0 amide bonds. The summed E-state index contributed by atoms with van der Waals surface area (Å²) in [5.74, 6) is 0.365. The van der Waals surface area contributed by atoms with E-state index in [2.05, 4.69) is 24.1 Å². The van der Waals surface area contributed by atoms with Crippen LogP contribution in [0.25, 0.3) is 0 Å². The van der Waals surface area contributed by atoms with E-state index in [9.17, 15) is 4.79 Å². The van der Waals surface area contributed by atoms with Crippen LogP contribution in [0.1, 0.15) is 20.3 Å². The second-order valence-corrected chi connectivity index (χ2v) is 5.44. The predicted molar refractivity (Wildman–Crippen MR) is 70.3 cm³/mol. The van der Waals surface area contributed by atoms with Crippen molar-refractivity contribution in [2.24, 2.45) is 11.8 Å². The Hall–Kier alpha value is -0.650. The highest BCUT2D eigenvalue weighted by Gasteiger charge is 2.31. The summed E-state index contributed by atoms with van der Waals surface area (Å²) in [5, 5.41) is 12.5. The summed E-state index contributed by atoms with van der Waals surface area (Å²) in [7, 11) is 1.43. The van der Waals surface area contributed by atoms with Crippen molar-refractivity contribution in [2.45, 2.75) is 26.3 Å². The SMILES string of the molecule is COC(=O)C1CC(NCC(C)C)CN(CCO)C1. The first-order valence-electron chi connectivity index (χ1n) is 6.71. The molecule has 0 aromatic heterocycles. The summed E-state index contributed by atoms with van der Waals surface area (Å²) in [6.07, 6.45) is 0.821. The average molecular weight is 258 g/mol. The quantitative estimate of drug-likeness (QED) is 0.661. The molecule has 2 atom stereocenters. The second-order valence-electron chi connectivity index (χ2n) is 5.44. The van der Waals surface area contributed by atoms with Gasteiger partial charge in [0.2, 0.25) is 0 Å². The third-order valence-corrected chi connectivity index (χ3v) is 3.29. The normalized spacial score (nSPS) is 25.4. The Morgan fingerprint density at radius 1 is 1.50 bits per heavy atom. The molecule has 106 valence electrons. The molecule has 1 heterocycles. The molecule has 0 spiro atoms. The van der Waals surface area contributed by atoms with E-state index in [4.69, 9.17) is 9.84 Å². The summed E-state index contributed by atoms with van der Waals surface area (Å²) in [6.45, 7) is 7.61. The van der Waals surface area contributed by atoms with Gasteiger partial charge in [-0.15, -0.1) is 0 Å². The van der Waals surface area contributed by atoms with Crippen LogP contribution in [0.4, 0.5) is 0 Å². The molecule has 1 aliphatic rings. The first-order valence-corrected chi connectivity index (χ1v) is 6.71. The Morgan fingerprint density at radius 2 is 2.22 bits per heavy atom. The van der Waals surface area contributed by atoms with Crippen molar-refractivity contribution in [3.63, 3.8) is 0 Å². The first-order chi connectivity index (χ1) is 8.56. The maximum absolute atomic E-state index is 11.7. The Morgan fingerprint density at radius 3 is 2.78 bits per heavy atom. The fraction of sp³-hybridized carbons (Fsp3) is 0.923. The van der Waals surface area contributed by atoms with E-state index in [1.807, 2.05) is 0 Å². The minimum atomic E-state index is -0.144. The van der Waals surface area contributed by atoms with Gasteiger partial charge >= 0.3 is 5.97 Å². The maximum atomic E-state index is 11.7. The number of rotatable bonds is 6. The van der Waals surface area contributed by atoms with E-state index in [1.54, 1.807) is 0 Å². The summed E-state index contributed by atoms with van der Waals surface area (Å²) in [6, 6.07) is 0.303. The van der Waals surface area contributed by atoms with E-state index < -0.39 is 0 Å². The fourth-order valence-corrected chi connectivity index (χ4v) is 2.40. The molecule has 0 radical (unpaired) electrons. The minimum Gasteiger partial charge on any atom is -0.469 e. The topological polar surface area (TPSA) is 61.8 Å². The molecular weight excluding hydrogens is 232 g/mol. The van der Waals surface area contributed by atoms with E-state index in [0.717, 1.165) is 19.5 Å². The van der Waals surface area contributed by atoms with Crippen molar-refractivity contribution < 1.29 is 14.6 Å². The predicted octanol–water partition coefficient (Wildman–Crippen LogP) is 0.0878. The summed E-state index contributed by atoms with van der Waals surface area (Å²) >= 11 is 0. The zero-order valence-electron chi connectivity index (χ0n) is 11.7. The lowest BCUT2D eigenvalue weighted by Crippen LogP contribution is -2.52. The number of nitrogens with one attached hydrogen (secondary N) is 1. The van der Waals surface area contributed by atoms with Gasteiger partial charge < -0.3 is 15.2 Å². The number of methoxy groups -OCH3 is 1. The number of aliphatic hydroxyl groups is 1. The number of piperidine rings is 1. The van der Waals surface area contributed by atoms with Crippen molar-refractivity contribution >= 4 is 5.97 Å². The van der Waals surface area contributed by atoms with Crippen LogP contribution in [0.2, 0.25) is 0 Å². The van der Waals surface area contributed by atoms with Crippen molar-refractivity contribution in [2.75, 3.05) is 39.9 Å². The summed E-state index contributed by atoms with van der Waals surface area (Å²) < 4.78 is 4.83. The molecule has 0 aliphatic carbocycles. The molecule has 18 heavy (non-hydrogen) atoms. The van der Waals surface area contributed by atoms with Gasteiger partial charge in [-0.3, -0.25) is 9.69 Å². The Kier molecular flexibility index (Phi) is 6.60. The lowest BCUT2D eigenvalue weighted by molar-refractivity contribution is -0.147. The highest BCUT2D eigenvalue weighted by atomic mass is 16.5. The van der Waals surface area contributed by atoms with Crippen molar-refractivity contribution in [1.29, 1.82) is 0 Å². The standard InChI is InChI=1S/C13H26N2O3/c1-10(2)7-14-12-6-11(13(17)18-3)8-15(9-12)4-5-16/h10-12,14,16H,4-9H2,1-3H3. The van der Waals surface area contributed by atoms with Gasteiger partial charge in [0.05, 0.1) is 19.6 Å². The molecule has 1 saturated heterocycles. The molecule has 1 aliphatic heterocycles. The number of hydrogen-bond acceptors (Lipinski definition) is 5. The van der Waals surface area contributed by atoms with Gasteiger partial charge in [0.1, 0.15) is 0 Å². The second kappa shape index (κ2) is 7.71. The monoisotopic (exact) mass is 258 g/mol. The van der Waals surface area contributed by atoms with E-state index >= 15 is 0 Å². The number of likely N-dealkylation sites (tertiary alicyclic amines) is 1. The number of ether oxygens (including phenoxy) is 1. The molecule has 0 aromatic rings. The molecule has 2 unspecified atom stereocenters. The number of carbonyl (C=O) groups excluding carboxylic acids is 1. The minimum absolute atomic E-state index is 0.0834. The van der Waals surface area contributed by atoms with Gasteiger partial charge in [-0.25, -0.2) is 0 Å². The Labute approximate surface area is 109 Å². The molecule has 2 N–H and O–H groups in total. The van der Waals surface area contributed by atoms with Gasteiger partial charge in [0.25, 0.3) is 0 Å². The van der Waals surface area contributed by atoms with E-state index in [0.29, 0.717) is 25.0 Å². The third-order valence-electron chi connectivity index (χ3n) is 3.29. The Bertz CT molecular complexity index is 259. The smallest absolute Gasteiger partial charge is 0.310 e. The molecule has 0 saturated carbocycles. The van der Waals surface area contributed by atoms with Crippen molar-refractivity contribution in [1.82, 2.24) is 10.2 Å². The molecule has 1 rings (SSSR count). The van der Waals surface area contributed by atoms with Crippen LogP contribution in [0, 0.1) is 11.8 Å². The van der Waals surface area contributed by atoms with Crippen LogP contribution in [0.15, 0.2) is 0 Å². The largest absolute Gasteiger partial charge is 0.469 e. The van der Waals surface area contributed by atoms with Gasteiger partial charge in [-0.1, -0.05) is 13.8 Å². The molecule has 1 fully saturated rings. The molecular formula is C13H26N2O3. The molecule has 0 bridgehead atoms. The number of esters is 1. The van der Waals surface area contributed by atoms with Gasteiger partial charge in [-0.2, -0.15) is 0 Å². The average Bonchev–Trinajstić information content (AvgIpc) is 2.35.